The predicted octanol–water partition coefficient (Wildman–Crippen LogP) is 3.40. The van der Waals surface area contributed by atoms with Gasteiger partial charge in [0.25, 0.3) is 0 Å². The highest BCUT2D eigenvalue weighted by Crippen LogP contribution is 2.22. The summed E-state index contributed by atoms with van der Waals surface area (Å²) in [6.07, 6.45) is 1.52. The molecule has 0 saturated carbocycles. The zero-order chi connectivity index (χ0) is 16.2. The Labute approximate surface area is 134 Å². The van der Waals surface area contributed by atoms with E-state index < -0.39 is 0 Å². The van der Waals surface area contributed by atoms with Crippen molar-refractivity contribution in [2.24, 2.45) is 0 Å². The summed E-state index contributed by atoms with van der Waals surface area (Å²) in [5.41, 5.74) is 1.93. The Morgan fingerprint density at radius 3 is 2.61 bits per heavy atom. The number of hydrogen-bond acceptors (Lipinski definition) is 4. The van der Waals surface area contributed by atoms with Crippen molar-refractivity contribution in [2.75, 3.05) is 27.2 Å². The van der Waals surface area contributed by atoms with Gasteiger partial charge in [-0.1, -0.05) is 30.3 Å². The minimum atomic E-state index is -0.0303. The normalized spacial score (nSPS) is 11.1. The van der Waals surface area contributed by atoms with E-state index in [4.69, 9.17) is 9.15 Å². The summed E-state index contributed by atoms with van der Waals surface area (Å²) in [5, 5.41) is 0.561. The van der Waals surface area contributed by atoms with Crippen molar-refractivity contribution in [2.45, 2.75) is 0 Å². The summed E-state index contributed by atoms with van der Waals surface area (Å²) in [6, 6.07) is 14.9. The second-order valence-electron chi connectivity index (χ2n) is 5.65. The number of hydrogen-bond donors (Lipinski definition) is 0. The van der Waals surface area contributed by atoms with E-state index in [2.05, 4.69) is 0 Å². The minimum Gasteiger partial charge on any atom is -0.492 e. The van der Waals surface area contributed by atoms with Crippen molar-refractivity contribution in [3.8, 4) is 16.9 Å². The molecule has 0 saturated heterocycles. The van der Waals surface area contributed by atoms with Gasteiger partial charge in [0.2, 0.25) is 0 Å². The van der Waals surface area contributed by atoms with Crippen molar-refractivity contribution in [1.29, 1.82) is 0 Å². The molecule has 2 aromatic carbocycles. The second kappa shape index (κ2) is 6.67. The molecule has 0 aliphatic rings. The van der Waals surface area contributed by atoms with E-state index in [1.165, 1.54) is 6.26 Å². The highest BCUT2D eigenvalue weighted by molar-refractivity contribution is 5.82. The van der Waals surface area contributed by atoms with Gasteiger partial charge in [0.05, 0.1) is 10.9 Å². The van der Waals surface area contributed by atoms with Gasteiger partial charge in [-0.3, -0.25) is 4.79 Å². The topological polar surface area (TPSA) is 42.7 Å². The highest BCUT2D eigenvalue weighted by Gasteiger charge is 2.09. The van der Waals surface area contributed by atoms with Crippen molar-refractivity contribution < 1.29 is 9.15 Å². The van der Waals surface area contributed by atoms with Crippen molar-refractivity contribution in [3.63, 3.8) is 0 Å². The van der Waals surface area contributed by atoms with Crippen molar-refractivity contribution in [1.82, 2.24) is 4.90 Å². The molecule has 3 aromatic rings. The summed E-state index contributed by atoms with van der Waals surface area (Å²) < 4.78 is 11.3. The molecule has 0 unspecified atom stereocenters. The number of fused-ring (bicyclic) bond motifs is 1. The molecule has 0 fully saturated rings. The lowest BCUT2D eigenvalue weighted by Crippen LogP contribution is -2.19. The SMILES string of the molecule is CN(C)CCOc1ccc2c(=O)c(-c3ccccc3)coc2c1. The summed E-state index contributed by atoms with van der Waals surface area (Å²) in [6.45, 7) is 1.42. The zero-order valence-corrected chi connectivity index (χ0v) is 13.3. The molecule has 3 rings (SSSR count). The van der Waals surface area contributed by atoms with E-state index >= 15 is 0 Å². The Balaban J connectivity index is 1.92. The average Bonchev–Trinajstić information content (AvgIpc) is 2.55. The molecule has 0 amide bonds. The van der Waals surface area contributed by atoms with Crippen LogP contribution in [0.4, 0.5) is 0 Å². The predicted molar refractivity (Wildman–Crippen MR) is 92.0 cm³/mol. The molecule has 0 spiro atoms. The fourth-order valence-electron chi connectivity index (χ4n) is 2.36. The van der Waals surface area contributed by atoms with Crippen LogP contribution >= 0.6 is 0 Å². The number of likely N-dealkylation sites (N-methyl/N-ethyl adjacent to an activating group) is 1. The van der Waals surface area contributed by atoms with E-state index in [1.807, 2.05) is 55.4 Å². The van der Waals surface area contributed by atoms with E-state index in [-0.39, 0.29) is 5.43 Å². The number of nitrogens with zero attached hydrogens (tertiary/aromatic N) is 1. The average molecular weight is 309 g/mol. The second-order valence-corrected chi connectivity index (χ2v) is 5.65. The maximum Gasteiger partial charge on any atom is 0.200 e. The van der Waals surface area contributed by atoms with Crippen LogP contribution in [0, 0.1) is 0 Å². The molecule has 4 heteroatoms. The van der Waals surface area contributed by atoms with Crippen molar-refractivity contribution >= 4 is 11.0 Å². The molecular weight excluding hydrogens is 290 g/mol. The maximum atomic E-state index is 12.6. The van der Waals surface area contributed by atoms with Gasteiger partial charge in [-0.05, 0) is 31.8 Å². The largest absolute Gasteiger partial charge is 0.492 e. The molecule has 1 aromatic heterocycles. The molecule has 0 aliphatic carbocycles. The zero-order valence-electron chi connectivity index (χ0n) is 13.3. The Morgan fingerprint density at radius 2 is 1.87 bits per heavy atom. The summed E-state index contributed by atoms with van der Waals surface area (Å²) >= 11 is 0. The maximum absolute atomic E-state index is 12.6. The third kappa shape index (κ3) is 3.43. The molecule has 0 radical (unpaired) electrons. The Kier molecular flexibility index (Phi) is 4.44. The van der Waals surface area contributed by atoms with Crippen molar-refractivity contribution in [3.05, 3.63) is 65.0 Å². The molecule has 0 bridgehead atoms. The summed E-state index contributed by atoms with van der Waals surface area (Å²) in [7, 11) is 3.99. The van der Waals surface area contributed by atoms with Crippen LogP contribution in [-0.4, -0.2) is 32.1 Å². The number of benzene rings is 2. The first kappa shape index (κ1) is 15.3. The quantitative estimate of drug-likeness (QED) is 0.724. The standard InChI is InChI=1S/C19H19NO3/c1-20(2)10-11-22-15-8-9-16-18(12-15)23-13-17(19(16)21)14-6-4-3-5-7-14/h3-9,12-13H,10-11H2,1-2H3. The lowest BCUT2D eigenvalue weighted by Gasteiger charge is -2.11. The third-order valence-corrected chi connectivity index (χ3v) is 3.64. The van der Waals surface area contributed by atoms with Crippen LogP contribution in [0.3, 0.4) is 0 Å². The minimum absolute atomic E-state index is 0.0303. The van der Waals surface area contributed by atoms with Crippen LogP contribution in [0.5, 0.6) is 5.75 Å². The third-order valence-electron chi connectivity index (χ3n) is 3.64. The molecule has 23 heavy (non-hydrogen) atoms. The first-order chi connectivity index (χ1) is 11.1. The van der Waals surface area contributed by atoms with Crippen LogP contribution in [0.25, 0.3) is 22.1 Å². The monoisotopic (exact) mass is 309 g/mol. The van der Waals surface area contributed by atoms with Crippen LogP contribution in [0.2, 0.25) is 0 Å². The molecule has 0 atom stereocenters. The lowest BCUT2D eigenvalue weighted by atomic mass is 10.1. The fraction of sp³-hybridized carbons (Fsp3) is 0.211. The van der Waals surface area contributed by atoms with Crippen LogP contribution in [0.15, 0.2) is 64.0 Å². The summed E-state index contributed by atoms with van der Waals surface area (Å²) in [4.78, 5) is 14.7. The van der Waals surface area contributed by atoms with Gasteiger partial charge in [-0.2, -0.15) is 0 Å². The number of rotatable bonds is 5. The lowest BCUT2D eigenvalue weighted by molar-refractivity contribution is 0.261. The van der Waals surface area contributed by atoms with E-state index in [1.54, 1.807) is 12.1 Å². The summed E-state index contributed by atoms with van der Waals surface area (Å²) in [5.74, 6) is 0.704. The van der Waals surface area contributed by atoms with Crippen LogP contribution in [0.1, 0.15) is 0 Å². The number of ether oxygens (including phenoxy) is 1. The Morgan fingerprint density at radius 1 is 1.09 bits per heavy atom. The van der Waals surface area contributed by atoms with Gasteiger partial charge in [-0.15, -0.1) is 0 Å². The fourth-order valence-corrected chi connectivity index (χ4v) is 2.36. The van der Waals surface area contributed by atoms with E-state index in [0.717, 1.165) is 12.1 Å². The molecule has 4 nitrogen and oxygen atoms in total. The van der Waals surface area contributed by atoms with Gasteiger partial charge in [0.1, 0.15) is 24.2 Å². The van der Waals surface area contributed by atoms with Gasteiger partial charge in [0.15, 0.2) is 5.43 Å². The van der Waals surface area contributed by atoms with Gasteiger partial charge >= 0.3 is 0 Å². The van der Waals surface area contributed by atoms with Gasteiger partial charge in [-0.25, -0.2) is 0 Å². The molecule has 118 valence electrons. The molecule has 1 heterocycles. The highest BCUT2D eigenvalue weighted by atomic mass is 16.5. The smallest absolute Gasteiger partial charge is 0.200 e. The molecular formula is C19H19NO3. The Bertz CT molecular complexity index is 853. The molecule has 0 N–H and O–H groups in total. The van der Waals surface area contributed by atoms with E-state index in [0.29, 0.717) is 28.9 Å². The Hall–Kier alpha value is -2.59. The first-order valence-electron chi connectivity index (χ1n) is 7.53. The van der Waals surface area contributed by atoms with Gasteiger partial charge < -0.3 is 14.1 Å². The van der Waals surface area contributed by atoms with Gasteiger partial charge in [0, 0.05) is 12.6 Å². The van der Waals surface area contributed by atoms with Crippen LogP contribution in [-0.2, 0) is 0 Å². The van der Waals surface area contributed by atoms with E-state index in [9.17, 15) is 4.79 Å². The van der Waals surface area contributed by atoms with Crippen LogP contribution < -0.4 is 10.2 Å². The first-order valence-corrected chi connectivity index (χ1v) is 7.53. The molecule has 0 aliphatic heterocycles.